The number of aromatic nitrogens is 2. The quantitative estimate of drug-likeness (QED) is 0.561. The third-order valence-corrected chi connectivity index (χ3v) is 2.07. The molecule has 10 heavy (non-hydrogen) atoms. The second-order valence-electron chi connectivity index (χ2n) is 2.64. The van der Waals surface area contributed by atoms with Crippen LogP contribution in [0, 0.1) is 0 Å². The van der Waals surface area contributed by atoms with E-state index in [4.69, 9.17) is 11.6 Å². The van der Waals surface area contributed by atoms with E-state index in [9.17, 15) is 0 Å². The molecule has 0 saturated carbocycles. The first kappa shape index (κ1) is 6.23. The fourth-order valence-corrected chi connectivity index (χ4v) is 1.60. The van der Waals surface area contributed by atoms with Gasteiger partial charge >= 0.3 is 0 Å². The van der Waals surface area contributed by atoms with Crippen molar-refractivity contribution in [2.24, 2.45) is 0 Å². The molecule has 0 unspecified atom stereocenters. The monoisotopic (exact) mass is 156 g/mol. The minimum absolute atomic E-state index is 0.636. The molecule has 3 heteroatoms. The number of hydrogen-bond donors (Lipinski definition) is 0. The molecule has 0 saturated heterocycles. The van der Waals surface area contributed by atoms with E-state index in [-0.39, 0.29) is 0 Å². The summed E-state index contributed by atoms with van der Waals surface area (Å²) in [7, 11) is 0. The Balaban J connectivity index is 2.41. The molecule has 2 nitrogen and oxygen atoms in total. The first-order valence-electron chi connectivity index (χ1n) is 3.58. The number of nitrogens with zero attached hydrogens (tertiary/aromatic N) is 2. The van der Waals surface area contributed by atoms with Crippen molar-refractivity contribution in [1.82, 2.24) is 9.78 Å². The van der Waals surface area contributed by atoms with Crippen LogP contribution in [0.3, 0.4) is 0 Å². The number of aryl methyl sites for hydroxylation is 2. The van der Waals surface area contributed by atoms with Gasteiger partial charge in [-0.3, -0.25) is 4.68 Å². The van der Waals surface area contributed by atoms with Crippen molar-refractivity contribution >= 4 is 11.6 Å². The highest BCUT2D eigenvalue weighted by Crippen LogP contribution is 2.17. The van der Waals surface area contributed by atoms with E-state index in [0.29, 0.717) is 5.15 Å². The van der Waals surface area contributed by atoms with Gasteiger partial charge in [0, 0.05) is 12.2 Å². The molecule has 0 fully saturated rings. The molecule has 0 radical (unpaired) electrons. The van der Waals surface area contributed by atoms with Crippen molar-refractivity contribution in [3.8, 4) is 0 Å². The molecular weight excluding hydrogens is 148 g/mol. The van der Waals surface area contributed by atoms with Crippen molar-refractivity contribution in [2.45, 2.75) is 25.8 Å². The molecule has 0 amide bonds. The summed E-state index contributed by atoms with van der Waals surface area (Å²) in [6, 6.07) is 1.96. The number of rotatable bonds is 0. The lowest BCUT2D eigenvalue weighted by atomic mass is 10.1. The van der Waals surface area contributed by atoms with Gasteiger partial charge in [-0.1, -0.05) is 11.6 Å². The molecule has 0 atom stereocenters. The van der Waals surface area contributed by atoms with Gasteiger partial charge in [-0.2, -0.15) is 5.10 Å². The van der Waals surface area contributed by atoms with Crippen molar-refractivity contribution in [3.63, 3.8) is 0 Å². The van der Waals surface area contributed by atoms with Gasteiger partial charge in [0.2, 0.25) is 0 Å². The average molecular weight is 157 g/mol. The van der Waals surface area contributed by atoms with Gasteiger partial charge in [-0.15, -0.1) is 0 Å². The minimum Gasteiger partial charge on any atom is -0.268 e. The maximum absolute atomic E-state index is 5.72. The summed E-state index contributed by atoms with van der Waals surface area (Å²) < 4.78 is 2.01. The molecule has 0 N–H and O–H groups in total. The lowest BCUT2D eigenvalue weighted by molar-refractivity contribution is 0.486. The topological polar surface area (TPSA) is 17.8 Å². The second kappa shape index (κ2) is 2.27. The predicted molar refractivity (Wildman–Crippen MR) is 40.2 cm³/mol. The van der Waals surface area contributed by atoms with E-state index in [2.05, 4.69) is 5.10 Å². The summed E-state index contributed by atoms with van der Waals surface area (Å²) in [6.45, 7) is 1.04. The average Bonchev–Trinajstić information content (AvgIpc) is 2.27. The standard InChI is InChI=1S/C7H9ClN2/c8-7-5-6-3-1-2-4-10(6)9-7/h5H,1-4H2. The molecule has 2 heterocycles. The minimum atomic E-state index is 0.636. The van der Waals surface area contributed by atoms with Crippen molar-refractivity contribution in [1.29, 1.82) is 0 Å². The summed E-state index contributed by atoms with van der Waals surface area (Å²) in [5, 5.41) is 4.77. The van der Waals surface area contributed by atoms with Crippen LogP contribution in [0.1, 0.15) is 18.5 Å². The normalized spacial score (nSPS) is 16.9. The van der Waals surface area contributed by atoms with Gasteiger partial charge < -0.3 is 0 Å². The maximum Gasteiger partial charge on any atom is 0.151 e. The van der Waals surface area contributed by atoms with Gasteiger partial charge in [-0.05, 0) is 25.3 Å². The number of fused-ring (bicyclic) bond motifs is 1. The van der Waals surface area contributed by atoms with Gasteiger partial charge in [0.25, 0.3) is 0 Å². The Bertz CT molecular complexity index is 218. The Kier molecular flexibility index (Phi) is 1.42. The smallest absolute Gasteiger partial charge is 0.151 e. The Morgan fingerprint density at radius 2 is 2.40 bits per heavy atom. The van der Waals surface area contributed by atoms with Crippen molar-refractivity contribution < 1.29 is 0 Å². The SMILES string of the molecule is Clc1cc2n(n1)CCCC2. The van der Waals surface area contributed by atoms with Crippen molar-refractivity contribution in [2.75, 3.05) is 0 Å². The number of halogens is 1. The molecule has 0 aliphatic carbocycles. The predicted octanol–water partition coefficient (Wildman–Crippen LogP) is 1.87. The van der Waals surface area contributed by atoms with Crippen LogP contribution in [0.5, 0.6) is 0 Å². The highest BCUT2D eigenvalue weighted by Gasteiger charge is 2.09. The fourth-order valence-electron chi connectivity index (χ4n) is 1.38. The zero-order valence-corrected chi connectivity index (χ0v) is 6.43. The lowest BCUT2D eigenvalue weighted by Crippen LogP contribution is -2.10. The Labute approximate surface area is 64.8 Å². The molecular formula is C7H9ClN2. The molecule has 1 aromatic heterocycles. The van der Waals surface area contributed by atoms with E-state index >= 15 is 0 Å². The van der Waals surface area contributed by atoms with Gasteiger partial charge in [-0.25, -0.2) is 0 Å². The van der Waals surface area contributed by atoms with Gasteiger partial charge in [0.15, 0.2) is 5.15 Å². The van der Waals surface area contributed by atoms with E-state index in [1.54, 1.807) is 0 Å². The molecule has 0 spiro atoms. The van der Waals surface area contributed by atoms with Crippen LogP contribution in [0.2, 0.25) is 5.15 Å². The second-order valence-corrected chi connectivity index (χ2v) is 3.03. The fraction of sp³-hybridized carbons (Fsp3) is 0.571. The van der Waals surface area contributed by atoms with E-state index in [0.717, 1.165) is 13.0 Å². The molecule has 0 bridgehead atoms. The van der Waals surface area contributed by atoms with Gasteiger partial charge in [0.05, 0.1) is 0 Å². The Morgan fingerprint density at radius 3 is 3.20 bits per heavy atom. The molecule has 1 aromatic rings. The third kappa shape index (κ3) is 0.926. The first-order chi connectivity index (χ1) is 4.86. The zero-order chi connectivity index (χ0) is 6.97. The summed E-state index contributed by atoms with van der Waals surface area (Å²) in [6.07, 6.45) is 3.66. The summed E-state index contributed by atoms with van der Waals surface area (Å²) >= 11 is 5.72. The first-order valence-corrected chi connectivity index (χ1v) is 3.96. The van der Waals surface area contributed by atoms with E-state index in [1.165, 1.54) is 18.5 Å². The van der Waals surface area contributed by atoms with Crippen LogP contribution in [-0.4, -0.2) is 9.78 Å². The van der Waals surface area contributed by atoms with Crippen LogP contribution < -0.4 is 0 Å². The molecule has 2 rings (SSSR count). The Hall–Kier alpha value is -0.500. The highest BCUT2D eigenvalue weighted by molar-refractivity contribution is 6.29. The van der Waals surface area contributed by atoms with Crippen LogP contribution in [0.15, 0.2) is 6.07 Å². The van der Waals surface area contributed by atoms with Crippen LogP contribution in [0.25, 0.3) is 0 Å². The van der Waals surface area contributed by atoms with Gasteiger partial charge in [0.1, 0.15) is 0 Å². The van der Waals surface area contributed by atoms with E-state index in [1.807, 2.05) is 10.7 Å². The number of hydrogen-bond acceptors (Lipinski definition) is 1. The highest BCUT2D eigenvalue weighted by atomic mass is 35.5. The lowest BCUT2D eigenvalue weighted by Gasteiger charge is -2.11. The molecule has 1 aliphatic heterocycles. The largest absolute Gasteiger partial charge is 0.268 e. The Morgan fingerprint density at radius 1 is 1.50 bits per heavy atom. The third-order valence-electron chi connectivity index (χ3n) is 1.89. The molecule has 0 aromatic carbocycles. The maximum atomic E-state index is 5.72. The van der Waals surface area contributed by atoms with Crippen molar-refractivity contribution in [3.05, 3.63) is 16.9 Å². The van der Waals surface area contributed by atoms with Crippen LogP contribution >= 0.6 is 11.6 Å². The summed E-state index contributed by atoms with van der Waals surface area (Å²) in [4.78, 5) is 0. The molecule has 1 aliphatic rings. The zero-order valence-electron chi connectivity index (χ0n) is 5.68. The summed E-state index contributed by atoms with van der Waals surface area (Å²) in [5.41, 5.74) is 1.29. The van der Waals surface area contributed by atoms with E-state index < -0.39 is 0 Å². The summed E-state index contributed by atoms with van der Waals surface area (Å²) in [5.74, 6) is 0. The van der Waals surface area contributed by atoms with Crippen LogP contribution in [0.4, 0.5) is 0 Å². The van der Waals surface area contributed by atoms with Crippen LogP contribution in [-0.2, 0) is 13.0 Å². The molecule has 54 valence electrons.